The van der Waals surface area contributed by atoms with Gasteiger partial charge >= 0.3 is 0 Å². The molecule has 0 aromatic heterocycles. The average molecular weight is 243 g/mol. The summed E-state index contributed by atoms with van der Waals surface area (Å²) in [6, 6.07) is 0. The van der Waals surface area contributed by atoms with Gasteiger partial charge in [0.2, 0.25) is 5.91 Å². The predicted octanol–water partition coefficient (Wildman–Crippen LogP) is 0.588. The monoisotopic (exact) mass is 243 g/mol. The van der Waals surface area contributed by atoms with Gasteiger partial charge in [0, 0.05) is 6.54 Å². The number of carbonyl (C=O) groups is 1. The Balaban J connectivity index is 2.01. The van der Waals surface area contributed by atoms with Gasteiger partial charge in [0.1, 0.15) is 5.84 Å². The molecule has 0 bridgehead atoms. The van der Waals surface area contributed by atoms with Crippen LogP contribution in [0.2, 0.25) is 0 Å². The molecule has 0 saturated heterocycles. The van der Waals surface area contributed by atoms with Crippen LogP contribution in [0, 0.1) is 0 Å². The highest BCUT2D eigenvalue weighted by Crippen LogP contribution is 2.19. The number of oxime groups is 1. The first kappa shape index (κ1) is 13.8. The number of hydrogen-bond acceptors (Lipinski definition) is 4. The van der Waals surface area contributed by atoms with Crippen molar-refractivity contribution >= 4 is 11.7 Å². The third-order valence-corrected chi connectivity index (χ3v) is 2.80. The number of nitrogens with two attached hydrogens (primary N) is 1. The van der Waals surface area contributed by atoms with E-state index in [4.69, 9.17) is 15.7 Å². The van der Waals surface area contributed by atoms with Gasteiger partial charge in [0.25, 0.3) is 0 Å². The topological polar surface area (TPSA) is 96.9 Å². The number of amides is 1. The lowest BCUT2D eigenvalue weighted by molar-refractivity contribution is -0.120. The summed E-state index contributed by atoms with van der Waals surface area (Å²) in [4.78, 5) is 11.2. The third kappa shape index (κ3) is 6.11. The van der Waals surface area contributed by atoms with Crippen molar-refractivity contribution in [1.82, 2.24) is 5.32 Å². The highest BCUT2D eigenvalue weighted by Gasteiger charge is 2.13. The minimum absolute atomic E-state index is 0.0834. The molecule has 0 aromatic carbocycles. The van der Waals surface area contributed by atoms with Crippen molar-refractivity contribution in [3.63, 3.8) is 0 Å². The minimum Gasteiger partial charge on any atom is -0.409 e. The second-order valence-electron chi connectivity index (χ2n) is 4.25. The van der Waals surface area contributed by atoms with Gasteiger partial charge in [-0.15, -0.1) is 0 Å². The van der Waals surface area contributed by atoms with Crippen LogP contribution in [0.3, 0.4) is 0 Å². The van der Waals surface area contributed by atoms with Gasteiger partial charge in [-0.1, -0.05) is 24.4 Å². The molecule has 17 heavy (non-hydrogen) atoms. The molecule has 1 aliphatic carbocycles. The maximum Gasteiger partial charge on any atom is 0.227 e. The number of hydrogen-bond donors (Lipinski definition) is 3. The summed E-state index contributed by atoms with van der Waals surface area (Å²) in [6.07, 6.45) is 6.29. The average Bonchev–Trinajstić information content (AvgIpc) is 2.36. The normalized spacial score (nSPS) is 18.0. The highest BCUT2D eigenvalue weighted by molar-refractivity contribution is 5.98. The summed E-state index contributed by atoms with van der Waals surface area (Å²) < 4.78 is 5.64. The summed E-state index contributed by atoms with van der Waals surface area (Å²) in [5.41, 5.74) is 5.20. The lowest BCUT2D eigenvalue weighted by atomic mass is 9.98. The van der Waals surface area contributed by atoms with E-state index in [-0.39, 0.29) is 18.2 Å². The molecular formula is C11H21N3O3. The molecule has 0 radical (unpaired) electrons. The van der Waals surface area contributed by atoms with E-state index >= 15 is 0 Å². The lowest BCUT2D eigenvalue weighted by Crippen LogP contribution is -2.32. The zero-order valence-corrected chi connectivity index (χ0v) is 10.0. The van der Waals surface area contributed by atoms with Crippen LogP contribution in [0.15, 0.2) is 5.16 Å². The summed E-state index contributed by atoms with van der Waals surface area (Å²) in [7, 11) is 0. The van der Waals surface area contributed by atoms with Crippen LogP contribution in [-0.2, 0) is 9.53 Å². The fraction of sp³-hybridized carbons (Fsp3) is 0.818. The minimum atomic E-state index is -0.257. The number of carbonyl (C=O) groups excluding carboxylic acids is 1. The molecular weight excluding hydrogens is 222 g/mol. The number of nitrogens with zero attached hydrogens (tertiary/aromatic N) is 1. The van der Waals surface area contributed by atoms with Crippen molar-refractivity contribution in [2.24, 2.45) is 10.9 Å². The van der Waals surface area contributed by atoms with E-state index in [1.807, 2.05) is 0 Å². The molecule has 1 aliphatic rings. The van der Waals surface area contributed by atoms with Crippen molar-refractivity contribution in [3.8, 4) is 0 Å². The Labute approximate surface area is 101 Å². The first-order chi connectivity index (χ1) is 8.22. The van der Waals surface area contributed by atoms with Crippen molar-refractivity contribution in [1.29, 1.82) is 0 Å². The Bertz CT molecular complexity index is 263. The number of nitrogens with one attached hydrogen (secondary N) is 1. The van der Waals surface area contributed by atoms with Crippen molar-refractivity contribution in [3.05, 3.63) is 0 Å². The summed E-state index contributed by atoms with van der Waals surface area (Å²) >= 11 is 0. The van der Waals surface area contributed by atoms with Gasteiger partial charge in [-0.2, -0.15) is 0 Å². The van der Waals surface area contributed by atoms with Crippen molar-refractivity contribution in [2.75, 3.05) is 13.2 Å². The van der Waals surface area contributed by atoms with Gasteiger partial charge in [0.05, 0.1) is 19.1 Å². The summed E-state index contributed by atoms with van der Waals surface area (Å²) in [5.74, 6) is -0.344. The van der Waals surface area contributed by atoms with Crippen molar-refractivity contribution in [2.45, 2.75) is 44.6 Å². The second-order valence-corrected chi connectivity index (χ2v) is 4.25. The predicted molar refractivity (Wildman–Crippen MR) is 63.9 cm³/mol. The molecule has 4 N–H and O–H groups in total. The molecule has 0 aromatic rings. The Kier molecular flexibility index (Phi) is 6.39. The molecule has 0 heterocycles. The second kappa shape index (κ2) is 7.89. The maximum atomic E-state index is 11.2. The van der Waals surface area contributed by atoms with Crippen LogP contribution < -0.4 is 11.1 Å². The molecule has 6 heteroatoms. The van der Waals surface area contributed by atoms with Gasteiger partial charge in [0.15, 0.2) is 0 Å². The van der Waals surface area contributed by atoms with Crippen LogP contribution in [0.5, 0.6) is 0 Å². The van der Waals surface area contributed by atoms with E-state index in [1.54, 1.807) is 0 Å². The molecule has 6 nitrogen and oxygen atoms in total. The van der Waals surface area contributed by atoms with E-state index in [2.05, 4.69) is 10.5 Å². The molecule has 1 saturated carbocycles. The zero-order valence-electron chi connectivity index (χ0n) is 10.0. The third-order valence-electron chi connectivity index (χ3n) is 2.80. The van der Waals surface area contributed by atoms with Gasteiger partial charge in [-0.3, -0.25) is 4.79 Å². The summed E-state index contributed by atoms with van der Waals surface area (Å²) in [5, 5.41) is 13.7. The molecule has 0 atom stereocenters. The largest absolute Gasteiger partial charge is 0.409 e. The maximum absolute atomic E-state index is 11.2. The highest BCUT2D eigenvalue weighted by atomic mass is 16.5. The zero-order chi connectivity index (χ0) is 12.5. The molecule has 0 unspecified atom stereocenters. The Morgan fingerprint density at radius 1 is 1.41 bits per heavy atom. The molecule has 1 rings (SSSR count). The molecule has 1 amide bonds. The Morgan fingerprint density at radius 2 is 2.12 bits per heavy atom. The Morgan fingerprint density at radius 3 is 2.76 bits per heavy atom. The number of rotatable bonds is 6. The fourth-order valence-electron chi connectivity index (χ4n) is 1.91. The van der Waals surface area contributed by atoms with E-state index in [0.29, 0.717) is 19.3 Å². The van der Waals surface area contributed by atoms with E-state index < -0.39 is 0 Å². The quantitative estimate of drug-likeness (QED) is 0.209. The SMILES string of the molecule is NC(CC(=O)NCCOC1CCCCC1)=NO. The van der Waals surface area contributed by atoms with Gasteiger partial charge < -0.3 is 21.0 Å². The summed E-state index contributed by atoms with van der Waals surface area (Å²) in [6.45, 7) is 0.987. The lowest BCUT2D eigenvalue weighted by Gasteiger charge is -2.21. The number of ether oxygens (including phenoxy) is 1. The standard InChI is InChI=1S/C11H21N3O3/c12-10(14-16)8-11(15)13-6-7-17-9-4-2-1-3-5-9/h9,16H,1-8H2,(H2,12,14)(H,13,15). The molecule has 1 fully saturated rings. The van der Waals surface area contributed by atoms with Gasteiger partial charge in [-0.05, 0) is 12.8 Å². The molecule has 98 valence electrons. The fourth-order valence-corrected chi connectivity index (χ4v) is 1.91. The van der Waals surface area contributed by atoms with Crippen LogP contribution in [0.25, 0.3) is 0 Å². The van der Waals surface area contributed by atoms with Gasteiger partial charge in [-0.25, -0.2) is 0 Å². The van der Waals surface area contributed by atoms with E-state index in [9.17, 15) is 4.79 Å². The van der Waals surface area contributed by atoms with Crippen LogP contribution >= 0.6 is 0 Å². The van der Waals surface area contributed by atoms with E-state index in [1.165, 1.54) is 19.3 Å². The smallest absolute Gasteiger partial charge is 0.227 e. The van der Waals surface area contributed by atoms with Crippen LogP contribution in [0.1, 0.15) is 38.5 Å². The first-order valence-corrected chi connectivity index (χ1v) is 6.07. The van der Waals surface area contributed by atoms with Crippen molar-refractivity contribution < 1.29 is 14.7 Å². The molecule has 0 spiro atoms. The number of amidine groups is 1. The van der Waals surface area contributed by atoms with Crippen LogP contribution in [-0.4, -0.2) is 36.2 Å². The molecule has 0 aliphatic heterocycles. The van der Waals surface area contributed by atoms with Crippen LogP contribution in [0.4, 0.5) is 0 Å². The Hall–Kier alpha value is -1.30. The first-order valence-electron chi connectivity index (χ1n) is 6.07. The van der Waals surface area contributed by atoms with E-state index in [0.717, 1.165) is 12.8 Å².